The molecule has 3 nitrogen and oxygen atoms in total. The summed E-state index contributed by atoms with van der Waals surface area (Å²) in [6.07, 6.45) is 3.58. The molecule has 0 bridgehead atoms. The third-order valence-corrected chi connectivity index (χ3v) is 4.42. The Morgan fingerprint density at radius 3 is 2.68 bits per heavy atom. The van der Waals surface area contributed by atoms with Crippen LogP contribution in [0.15, 0.2) is 18.2 Å². The molecule has 1 aliphatic carbocycles. The molecule has 1 heterocycles. The van der Waals surface area contributed by atoms with Crippen molar-refractivity contribution in [3.63, 3.8) is 0 Å². The van der Waals surface area contributed by atoms with Crippen molar-refractivity contribution in [2.75, 3.05) is 12.0 Å². The van der Waals surface area contributed by atoms with Crippen LogP contribution < -0.4 is 9.64 Å². The molecule has 3 heteroatoms. The lowest BCUT2D eigenvalue weighted by Gasteiger charge is -2.41. The van der Waals surface area contributed by atoms with Gasteiger partial charge in [0.2, 0.25) is 5.91 Å². The average Bonchev–Trinajstić information content (AvgIpc) is 3.20. The topological polar surface area (TPSA) is 29.5 Å². The summed E-state index contributed by atoms with van der Waals surface area (Å²) in [5.41, 5.74) is 2.32. The van der Waals surface area contributed by atoms with Crippen LogP contribution in [0, 0.1) is 11.8 Å². The van der Waals surface area contributed by atoms with Gasteiger partial charge in [0.05, 0.1) is 12.8 Å². The first-order chi connectivity index (χ1) is 9.11. The maximum Gasteiger partial charge on any atom is 0.224 e. The fourth-order valence-corrected chi connectivity index (χ4v) is 3.44. The number of anilines is 1. The summed E-state index contributed by atoms with van der Waals surface area (Å²) < 4.78 is 5.31. The molecule has 0 spiro atoms. The van der Waals surface area contributed by atoms with Crippen molar-refractivity contribution in [3.8, 4) is 5.75 Å². The van der Waals surface area contributed by atoms with Crippen molar-refractivity contribution in [2.24, 2.45) is 11.8 Å². The van der Waals surface area contributed by atoms with Crippen LogP contribution in [0.2, 0.25) is 0 Å². The maximum absolute atomic E-state index is 12.1. The first kappa shape index (κ1) is 12.5. The van der Waals surface area contributed by atoms with Gasteiger partial charge in [-0.05, 0) is 42.7 Å². The van der Waals surface area contributed by atoms with E-state index in [4.69, 9.17) is 4.74 Å². The second-order valence-electron chi connectivity index (χ2n) is 5.89. The highest BCUT2D eigenvalue weighted by atomic mass is 16.5. The molecule has 3 rings (SSSR count). The lowest BCUT2D eigenvalue weighted by Crippen LogP contribution is -2.48. The number of hydrogen-bond donors (Lipinski definition) is 0. The highest BCUT2D eigenvalue weighted by Crippen LogP contribution is 2.45. The number of amides is 1. The van der Waals surface area contributed by atoms with Crippen LogP contribution in [0.25, 0.3) is 0 Å². The predicted molar refractivity (Wildman–Crippen MR) is 75.5 cm³/mol. The number of benzene rings is 1. The lowest BCUT2D eigenvalue weighted by atomic mass is 9.84. The van der Waals surface area contributed by atoms with E-state index in [-0.39, 0.29) is 5.91 Å². The summed E-state index contributed by atoms with van der Waals surface area (Å²) in [5, 5.41) is 0. The van der Waals surface area contributed by atoms with Crippen LogP contribution in [-0.2, 0) is 11.2 Å². The van der Waals surface area contributed by atoms with E-state index in [1.54, 1.807) is 14.0 Å². The molecule has 1 aromatic rings. The van der Waals surface area contributed by atoms with Gasteiger partial charge in [-0.15, -0.1) is 0 Å². The molecule has 1 amide bonds. The minimum absolute atomic E-state index is 0.151. The number of ether oxygens (including phenoxy) is 1. The Hall–Kier alpha value is -1.51. The highest BCUT2D eigenvalue weighted by Gasteiger charge is 2.43. The Labute approximate surface area is 114 Å². The number of carbonyl (C=O) groups is 1. The van der Waals surface area contributed by atoms with Crippen LogP contribution >= 0.6 is 0 Å². The van der Waals surface area contributed by atoms with E-state index in [0.717, 1.165) is 17.9 Å². The smallest absolute Gasteiger partial charge is 0.224 e. The molecule has 1 aliphatic heterocycles. The van der Waals surface area contributed by atoms with Crippen LogP contribution in [0.3, 0.4) is 0 Å². The molecule has 1 aromatic carbocycles. The fourth-order valence-electron chi connectivity index (χ4n) is 3.44. The summed E-state index contributed by atoms with van der Waals surface area (Å²) in [4.78, 5) is 14.2. The molecule has 0 unspecified atom stereocenters. The van der Waals surface area contributed by atoms with Crippen molar-refractivity contribution >= 4 is 11.6 Å². The third kappa shape index (κ3) is 2.11. The number of carbonyl (C=O) groups excluding carboxylic acids is 1. The maximum atomic E-state index is 12.1. The molecule has 2 aliphatic rings. The zero-order valence-corrected chi connectivity index (χ0v) is 11.8. The number of methoxy groups -OCH3 is 1. The molecule has 19 heavy (non-hydrogen) atoms. The van der Waals surface area contributed by atoms with Gasteiger partial charge in [-0.2, -0.15) is 0 Å². The predicted octanol–water partition coefficient (Wildman–Crippen LogP) is 3.02. The van der Waals surface area contributed by atoms with Gasteiger partial charge in [-0.25, -0.2) is 0 Å². The van der Waals surface area contributed by atoms with Gasteiger partial charge in [-0.1, -0.05) is 13.0 Å². The van der Waals surface area contributed by atoms with Crippen molar-refractivity contribution < 1.29 is 9.53 Å². The van der Waals surface area contributed by atoms with E-state index < -0.39 is 0 Å². The fraction of sp³-hybridized carbons (Fsp3) is 0.562. The standard InChI is InChI=1S/C16H21NO2/c1-10-8-13-6-7-14(19-3)9-15(13)17(11(2)18)16(10)12-4-5-12/h6-7,9-10,12,16H,4-5,8H2,1-3H3/t10-,16-/m1/s1. The van der Waals surface area contributed by atoms with Crippen LogP contribution in [0.5, 0.6) is 5.75 Å². The van der Waals surface area contributed by atoms with E-state index >= 15 is 0 Å². The monoisotopic (exact) mass is 259 g/mol. The van der Waals surface area contributed by atoms with Gasteiger partial charge >= 0.3 is 0 Å². The van der Waals surface area contributed by atoms with Crippen LogP contribution in [0.1, 0.15) is 32.3 Å². The van der Waals surface area contributed by atoms with Gasteiger partial charge in [0.15, 0.2) is 0 Å². The van der Waals surface area contributed by atoms with Crippen LogP contribution in [-0.4, -0.2) is 19.1 Å². The van der Waals surface area contributed by atoms with Crippen molar-refractivity contribution in [1.82, 2.24) is 0 Å². The van der Waals surface area contributed by atoms with E-state index in [1.807, 2.05) is 17.0 Å². The summed E-state index contributed by atoms with van der Waals surface area (Å²) in [6, 6.07) is 6.47. The lowest BCUT2D eigenvalue weighted by molar-refractivity contribution is -0.117. The van der Waals surface area contributed by atoms with Crippen molar-refractivity contribution in [3.05, 3.63) is 23.8 Å². The molecule has 0 N–H and O–H groups in total. The first-order valence-electron chi connectivity index (χ1n) is 7.08. The zero-order valence-electron chi connectivity index (χ0n) is 11.8. The van der Waals surface area contributed by atoms with Crippen LogP contribution in [0.4, 0.5) is 5.69 Å². The Morgan fingerprint density at radius 1 is 1.37 bits per heavy atom. The highest BCUT2D eigenvalue weighted by molar-refractivity contribution is 5.94. The molecule has 0 radical (unpaired) electrons. The van der Waals surface area contributed by atoms with E-state index in [2.05, 4.69) is 13.0 Å². The molecule has 0 saturated heterocycles. The number of hydrogen-bond acceptors (Lipinski definition) is 2. The Bertz CT molecular complexity index is 507. The van der Waals surface area contributed by atoms with Crippen molar-refractivity contribution in [2.45, 2.75) is 39.2 Å². The molecule has 2 atom stereocenters. The van der Waals surface area contributed by atoms with Gasteiger partial charge in [-0.3, -0.25) is 4.79 Å². The van der Waals surface area contributed by atoms with Gasteiger partial charge < -0.3 is 9.64 Å². The molecular formula is C16H21NO2. The molecule has 102 valence electrons. The minimum atomic E-state index is 0.151. The summed E-state index contributed by atoms with van der Waals surface area (Å²) in [7, 11) is 1.67. The van der Waals surface area contributed by atoms with Gasteiger partial charge in [0, 0.05) is 19.0 Å². The molecule has 1 saturated carbocycles. The number of nitrogens with zero attached hydrogens (tertiary/aromatic N) is 1. The summed E-state index contributed by atoms with van der Waals surface area (Å²) in [5.74, 6) is 2.21. The normalized spacial score (nSPS) is 25.9. The second kappa shape index (κ2) is 4.55. The van der Waals surface area contributed by atoms with E-state index in [1.165, 1.54) is 18.4 Å². The van der Waals surface area contributed by atoms with E-state index in [0.29, 0.717) is 17.9 Å². The van der Waals surface area contributed by atoms with Crippen molar-refractivity contribution in [1.29, 1.82) is 0 Å². The van der Waals surface area contributed by atoms with Gasteiger partial charge in [0.25, 0.3) is 0 Å². The summed E-state index contributed by atoms with van der Waals surface area (Å²) >= 11 is 0. The third-order valence-electron chi connectivity index (χ3n) is 4.42. The SMILES string of the molecule is COc1ccc2c(c1)N(C(C)=O)[C@@H](C1CC1)[C@H](C)C2. The molecule has 1 fully saturated rings. The first-order valence-corrected chi connectivity index (χ1v) is 7.08. The quantitative estimate of drug-likeness (QED) is 0.817. The van der Waals surface area contributed by atoms with E-state index in [9.17, 15) is 4.79 Å². The molecule has 0 aromatic heterocycles. The average molecular weight is 259 g/mol. The molecular weight excluding hydrogens is 238 g/mol. The minimum Gasteiger partial charge on any atom is -0.497 e. The Kier molecular flexibility index (Phi) is 3.00. The zero-order chi connectivity index (χ0) is 13.6. The summed E-state index contributed by atoms with van der Waals surface area (Å²) in [6.45, 7) is 3.95. The number of fused-ring (bicyclic) bond motifs is 1. The van der Waals surface area contributed by atoms with Gasteiger partial charge in [0.1, 0.15) is 5.75 Å². The number of rotatable bonds is 2. The Morgan fingerprint density at radius 2 is 2.11 bits per heavy atom. The Balaban J connectivity index is 2.06. The second-order valence-corrected chi connectivity index (χ2v) is 5.89. The largest absolute Gasteiger partial charge is 0.497 e.